The maximum Gasteiger partial charge on any atom is 0.410 e. The van der Waals surface area contributed by atoms with Crippen LogP contribution in [0.25, 0.3) is 0 Å². The van der Waals surface area contributed by atoms with E-state index in [2.05, 4.69) is 22.5 Å². The highest BCUT2D eigenvalue weighted by Gasteiger charge is 2.26. The number of ether oxygens (including phenoxy) is 2. The lowest BCUT2D eigenvalue weighted by Gasteiger charge is -2.33. The molecule has 0 aliphatic carbocycles. The number of amides is 1. The Morgan fingerprint density at radius 1 is 1.14 bits per heavy atom. The molecule has 2 aliphatic rings. The first-order chi connectivity index (χ1) is 13.4. The first-order valence-electron chi connectivity index (χ1n) is 10.7. The number of guanidine groups is 1. The van der Waals surface area contributed by atoms with Gasteiger partial charge in [-0.05, 0) is 46.5 Å². The number of nitrogens with zero attached hydrogens (tertiary/aromatic N) is 3. The van der Waals surface area contributed by atoms with E-state index in [1.807, 2.05) is 25.7 Å². The zero-order valence-electron chi connectivity index (χ0n) is 18.1. The largest absolute Gasteiger partial charge is 0.444 e. The summed E-state index contributed by atoms with van der Waals surface area (Å²) < 4.78 is 10.9. The molecule has 0 aromatic carbocycles. The highest BCUT2D eigenvalue weighted by Crippen LogP contribution is 2.19. The summed E-state index contributed by atoms with van der Waals surface area (Å²) in [6.45, 7) is 16.5. The summed E-state index contributed by atoms with van der Waals surface area (Å²) in [6.07, 6.45) is 1.74. The van der Waals surface area contributed by atoms with E-state index in [9.17, 15) is 4.79 Å². The number of hydrogen-bond acceptors (Lipinski definition) is 5. The molecule has 0 aromatic heterocycles. The molecule has 2 aliphatic heterocycles. The van der Waals surface area contributed by atoms with Crippen LogP contribution in [-0.2, 0) is 9.47 Å². The van der Waals surface area contributed by atoms with Crippen molar-refractivity contribution in [1.82, 2.24) is 20.4 Å². The Morgan fingerprint density at radius 3 is 2.43 bits per heavy atom. The van der Waals surface area contributed by atoms with Gasteiger partial charge in [-0.25, -0.2) is 4.79 Å². The minimum Gasteiger partial charge on any atom is -0.444 e. The van der Waals surface area contributed by atoms with E-state index in [1.54, 1.807) is 0 Å². The van der Waals surface area contributed by atoms with E-state index in [1.165, 1.54) is 0 Å². The van der Waals surface area contributed by atoms with E-state index < -0.39 is 5.60 Å². The smallest absolute Gasteiger partial charge is 0.410 e. The van der Waals surface area contributed by atoms with Gasteiger partial charge in [0.15, 0.2) is 5.96 Å². The van der Waals surface area contributed by atoms with Crippen molar-refractivity contribution in [2.45, 2.75) is 46.1 Å². The highest BCUT2D eigenvalue weighted by atomic mass is 16.6. The Labute approximate surface area is 170 Å². The highest BCUT2D eigenvalue weighted by molar-refractivity contribution is 5.79. The molecule has 2 N–H and O–H groups in total. The van der Waals surface area contributed by atoms with Crippen molar-refractivity contribution in [2.24, 2.45) is 10.9 Å². The molecule has 8 heteroatoms. The zero-order chi connectivity index (χ0) is 20.4. The van der Waals surface area contributed by atoms with Crippen LogP contribution in [0, 0.1) is 5.92 Å². The summed E-state index contributed by atoms with van der Waals surface area (Å²) in [4.78, 5) is 21.2. The molecule has 2 heterocycles. The molecule has 8 nitrogen and oxygen atoms in total. The van der Waals surface area contributed by atoms with Gasteiger partial charge in [-0.15, -0.1) is 0 Å². The van der Waals surface area contributed by atoms with E-state index in [0.717, 1.165) is 84.4 Å². The minimum atomic E-state index is -0.439. The van der Waals surface area contributed by atoms with Crippen LogP contribution in [-0.4, -0.2) is 93.0 Å². The standard InChI is InChI=1S/C20H39N5O3/c1-5-21-18(22-8-11-24-12-14-27-15-13-24)23-16-17-6-9-25(10-7-17)19(26)28-20(2,3)4/h17H,5-16H2,1-4H3,(H2,21,22,23). The van der Waals surface area contributed by atoms with E-state index in [0.29, 0.717) is 5.92 Å². The average Bonchev–Trinajstić information content (AvgIpc) is 2.66. The molecule has 0 radical (unpaired) electrons. The Bertz CT molecular complexity index is 493. The number of likely N-dealkylation sites (tertiary alicyclic amines) is 1. The molecule has 0 spiro atoms. The van der Waals surface area contributed by atoms with Crippen molar-refractivity contribution >= 4 is 12.1 Å². The number of nitrogens with one attached hydrogen (secondary N) is 2. The van der Waals surface area contributed by atoms with Gasteiger partial charge in [-0.2, -0.15) is 0 Å². The molecular weight excluding hydrogens is 358 g/mol. The Balaban J connectivity index is 1.70. The number of piperidine rings is 1. The fraction of sp³-hybridized carbons (Fsp3) is 0.900. The predicted molar refractivity (Wildman–Crippen MR) is 112 cm³/mol. The summed E-state index contributed by atoms with van der Waals surface area (Å²) in [5, 5.41) is 6.76. The quantitative estimate of drug-likeness (QED) is 0.523. The van der Waals surface area contributed by atoms with Crippen LogP contribution in [0.3, 0.4) is 0 Å². The Hall–Kier alpha value is -1.54. The van der Waals surface area contributed by atoms with Crippen LogP contribution in [0.4, 0.5) is 4.79 Å². The third-order valence-electron chi connectivity index (χ3n) is 4.94. The van der Waals surface area contributed by atoms with Crippen LogP contribution in [0.1, 0.15) is 40.5 Å². The Morgan fingerprint density at radius 2 is 1.82 bits per heavy atom. The first-order valence-corrected chi connectivity index (χ1v) is 10.7. The number of aliphatic imine (C=N–C) groups is 1. The van der Waals surface area contributed by atoms with Gasteiger partial charge in [0.1, 0.15) is 5.60 Å². The second-order valence-corrected chi connectivity index (χ2v) is 8.51. The number of hydrogen-bond donors (Lipinski definition) is 2. The summed E-state index contributed by atoms with van der Waals surface area (Å²) >= 11 is 0. The van der Waals surface area contributed by atoms with E-state index in [4.69, 9.17) is 14.5 Å². The zero-order valence-corrected chi connectivity index (χ0v) is 18.1. The molecule has 2 saturated heterocycles. The summed E-state index contributed by atoms with van der Waals surface area (Å²) in [7, 11) is 0. The molecule has 28 heavy (non-hydrogen) atoms. The van der Waals surface area contributed by atoms with Gasteiger partial charge in [0.05, 0.1) is 13.2 Å². The molecular formula is C20H39N5O3. The number of carbonyl (C=O) groups is 1. The number of rotatable bonds is 6. The fourth-order valence-corrected chi connectivity index (χ4v) is 3.34. The number of carbonyl (C=O) groups excluding carboxylic acids is 1. The van der Waals surface area contributed by atoms with Gasteiger partial charge in [0.25, 0.3) is 0 Å². The molecule has 0 aromatic rings. The van der Waals surface area contributed by atoms with Crippen LogP contribution in [0.2, 0.25) is 0 Å². The fourth-order valence-electron chi connectivity index (χ4n) is 3.34. The first kappa shape index (κ1) is 22.7. The summed E-state index contributed by atoms with van der Waals surface area (Å²) in [5.41, 5.74) is -0.439. The average molecular weight is 398 g/mol. The molecule has 0 bridgehead atoms. The molecule has 2 rings (SSSR count). The van der Waals surface area contributed by atoms with Gasteiger partial charge >= 0.3 is 6.09 Å². The lowest BCUT2D eigenvalue weighted by Crippen LogP contribution is -2.45. The van der Waals surface area contributed by atoms with Gasteiger partial charge < -0.3 is 25.0 Å². The molecule has 0 unspecified atom stereocenters. The monoisotopic (exact) mass is 397 g/mol. The topological polar surface area (TPSA) is 78.4 Å². The van der Waals surface area contributed by atoms with Crippen molar-refractivity contribution in [3.05, 3.63) is 0 Å². The maximum absolute atomic E-state index is 12.2. The molecule has 1 amide bonds. The van der Waals surface area contributed by atoms with Gasteiger partial charge in [0, 0.05) is 52.4 Å². The minimum absolute atomic E-state index is 0.201. The van der Waals surface area contributed by atoms with Crippen LogP contribution in [0.5, 0.6) is 0 Å². The molecule has 0 atom stereocenters. The SMILES string of the molecule is CCNC(=NCC1CCN(C(=O)OC(C)(C)C)CC1)NCCN1CCOCC1. The van der Waals surface area contributed by atoms with Crippen molar-refractivity contribution in [3.63, 3.8) is 0 Å². The van der Waals surface area contributed by atoms with Gasteiger partial charge in [0.2, 0.25) is 0 Å². The lowest BCUT2D eigenvalue weighted by atomic mass is 9.97. The second kappa shape index (κ2) is 11.5. The van der Waals surface area contributed by atoms with Gasteiger partial charge in [-0.3, -0.25) is 9.89 Å². The van der Waals surface area contributed by atoms with Crippen LogP contribution >= 0.6 is 0 Å². The third-order valence-corrected chi connectivity index (χ3v) is 4.94. The van der Waals surface area contributed by atoms with Crippen molar-refractivity contribution in [3.8, 4) is 0 Å². The van der Waals surface area contributed by atoms with Crippen molar-refractivity contribution in [2.75, 3.05) is 65.6 Å². The van der Waals surface area contributed by atoms with Crippen LogP contribution in [0.15, 0.2) is 4.99 Å². The summed E-state index contributed by atoms with van der Waals surface area (Å²) in [6, 6.07) is 0. The molecule has 162 valence electrons. The van der Waals surface area contributed by atoms with Gasteiger partial charge in [-0.1, -0.05) is 0 Å². The predicted octanol–water partition coefficient (Wildman–Crippen LogP) is 1.52. The summed E-state index contributed by atoms with van der Waals surface area (Å²) in [5.74, 6) is 1.39. The maximum atomic E-state index is 12.2. The van der Waals surface area contributed by atoms with Crippen molar-refractivity contribution < 1.29 is 14.3 Å². The van der Waals surface area contributed by atoms with Crippen molar-refractivity contribution in [1.29, 1.82) is 0 Å². The van der Waals surface area contributed by atoms with E-state index >= 15 is 0 Å². The number of morpholine rings is 1. The molecule has 0 saturated carbocycles. The molecule has 2 fully saturated rings. The normalized spacial score (nSPS) is 20.1. The second-order valence-electron chi connectivity index (χ2n) is 8.51. The van der Waals surface area contributed by atoms with E-state index in [-0.39, 0.29) is 6.09 Å². The third kappa shape index (κ3) is 8.65. The Kier molecular flexibility index (Phi) is 9.31. The van der Waals surface area contributed by atoms with Crippen LogP contribution < -0.4 is 10.6 Å². The lowest BCUT2D eigenvalue weighted by molar-refractivity contribution is 0.0187.